The first kappa shape index (κ1) is 14.9. The van der Waals surface area contributed by atoms with Gasteiger partial charge in [0.25, 0.3) is 0 Å². The first-order chi connectivity index (χ1) is 9.45. The Balaban J connectivity index is 2.00. The number of halogens is 2. The Kier molecular flexibility index (Phi) is 4.72. The molecule has 0 unspecified atom stereocenters. The maximum Gasteiger partial charge on any atom is 0.321 e. The molecule has 2 aromatic rings. The molecule has 0 aliphatic rings. The third-order valence-electron chi connectivity index (χ3n) is 2.58. The molecule has 0 radical (unpaired) electrons. The van der Waals surface area contributed by atoms with Gasteiger partial charge in [-0.25, -0.2) is 14.2 Å². The molecule has 20 heavy (non-hydrogen) atoms. The second-order valence-corrected chi connectivity index (χ2v) is 6.49. The molecular formula is C13H13BrFN3OS. The number of carbonyl (C=O) groups excluding carboxylic acids is 1. The molecule has 106 valence electrons. The zero-order valence-corrected chi connectivity index (χ0v) is 13.4. The summed E-state index contributed by atoms with van der Waals surface area (Å²) in [6.07, 6.45) is 1.74. The van der Waals surface area contributed by atoms with E-state index in [9.17, 15) is 9.18 Å². The smallest absolute Gasteiger partial charge is 0.321 e. The number of urea groups is 1. The molecule has 4 nitrogen and oxygen atoms in total. The Morgan fingerprint density at radius 1 is 1.55 bits per heavy atom. The number of aryl methyl sites for hydroxylation is 1. The highest BCUT2D eigenvalue weighted by Crippen LogP contribution is 2.20. The highest BCUT2D eigenvalue weighted by molar-refractivity contribution is 9.10. The Morgan fingerprint density at radius 3 is 2.90 bits per heavy atom. The van der Waals surface area contributed by atoms with E-state index >= 15 is 0 Å². The summed E-state index contributed by atoms with van der Waals surface area (Å²) in [5.74, 6) is -0.477. The van der Waals surface area contributed by atoms with E-state index in [1.807, 2.05) is 6.92 Å². The lowest BCUT2D eigenvalue weighted by atomic mass is 10.3. The molecule has 0 saturated carbocycles. The van der Waals surface area contributed by atoms with Crippen molar-refractivity contribution < 1.29 is 9.18 Å². The van der Waals surface area contributed by atoms with Gasteiger partial charge in [-0.3, -0.25) is 0 Å². The molecule has 2 amide bonds. The molecule has 0 aliphatic carbocycles. The van der Waals surface area contributed by atoms with Crippen molar-refractivity contribution in [3.63, 3.8) is 0 Å². The molecule has 1 heterocycles. The van der Waals surface area contributed by atoms with Crippen LogP contribution in [0.5, 0.6) is 0 Å². The number of nitrogens with zero attached hydrogens (tertiary/aromatic N) is 2. The number of thiazole rings is 1. The Labute approximate surface area is 128 Å². The summed E-state index contributed by atoms with van der Waals surface area (Å²) in [5.41, 5.74) is 0.158. The molecule has 0 fully saturated rings. The van der Waals surface area contributed by atoms with Gasteiger partial charge < -0.3 is 10.2 Å². The van der Waals surface area contributed by atoms with Crippen LogP contribution in [0.2, 0.25) is 0 Å². The third kappa shape index (κ3) is 3.77. The molecule has 1 aromatic heterocycles. The monoisotopic (exact) mass is 357 g/mol. The van der Waals surface area contributed by atoms with Gasteiger partial charge in [-0.1, -0.05) is 15.9 Å². The number of anilines is 1. The van der Waals surface area contributed by atoms with Crippen molar-refractivity contribution >= 4 is 39.0 Å². The van der Waals surface area contributed by atoms with Crippen molar-refractivity contribution in [1.29, 1.82) is 0 Å². The number of nitrogens with one attached hydrogen (secondary N) is 1. The van der Waals surface area contributed by atoms with Gasteiger partial charge in [0, 0.05) is 22.6 Å². The lowest BCUT2D eigenvalue weighted by Crippen LogP contribution is -2.30. The summed E-state index contributed by atoms with van der Waals surface area (Å²) in [5, 5.41) is 3.49. The van der Waals surface area contributed by atoms with E-state index < -0.39 is 5.82 Å². The number of hydrogen-bond donors (Lipinski definition) is 1. The van der Waals surface area contributed by atoms with Crippen LogP contribution in [-0.2, 0) is 6.54 Å². The number of hydrogen-bond acceptors (Lipinski definition) is 3. The van der Waals surface area contributed by atoms with Crippen molar-refractivity contribution in [1.82, 2.24) is 9.88 Å². The summed E-state index contributed by atoms with van der Waals surface area (Å²) < 4.78 is 14.3. The number of rotatable bonds is 3. The van der Waals surface area contributed by atoms with Gasteiger partial charge in [0.1, 0.15) is 5.82 Å². The standard InChI is InChI=1S/C13H13BrFN3OS/c1-8-16-6-10(20-8)7-18(2)13(19)17-12-4-3-9(14)5-11(12)15/h3-6H,7H2,1-2H3,(H,17,19). The van der Waals surface area contributed by atoms with Crippen molar-refractivity contribution in [2.75, 3.05) is 12.4 Å². The number of benzene rings is 1. The minimum atomic E-state index is -0.477. The minimum absolute atomic E-state index is 0.158. The van der Waals surface area contributed by atoms with Crippen LogP contribution in [0.3, 0.4) is 0 Å². The Hall–Kier alpha value is -1.47. The van der Waals surface area contributed by atoms with E-state index in [-0.39, 0.29) is 11.7 Å². The molecule has 0 bridgehead atoms. The van der Waals surface area contributed by atoms with Gasteiger partial charge in [0.2, 0.25) is 0 Å². The van der Waals surface area contributed by atoms with Gasteiger partial charge in [-0.15, -0.1) is 11.3 Å². The predicted molar refractivity (Wildman–Crippen MR) is 81.4 cm³/mol. The van der Waals surface area contributed by atoms with E-state index in [1.165, 1.54) is 28.4 Å². The van der Waals surface area contributed by atoms with Crippen molar-refractivity contribution in [3.05, 3.63) is 44.6 Å². The fourth-order valence-electron chi connectivity index (χ4n) is 1.59. The van der Waals surface area contributed by atoms with E-state index in [1.54, 1.807) is 19.3 Å². The summed E-state index contributed by atoms with van der Waals surface area (Å²) >= 11 is 4.70. The second kappa shape index (κ2) is 6.32. The lowest BCUT2D eigenvalue weighted by molar-refractivity contribution is 0.221. The molecule has 0 atom stereocenters. The van der Waals surface area contributed by atoms with Crippen LogP contribution in [-0.4, -0.2) is 23.0 Å². The van der Waals surface area contributed by atoms with Gasteiger partial charge >= 0.3 is 6.03 Å². The zero-order chi connectivity index (χ0) is 14.7. The maximum atomic E-state index is 13.6. The molecule has 0 spiro atoms. The molecule has 7 heteroatoms. The van der Waals surface area contributed by atoms with E-state index in [4.69, 9.17) is 0 Å². The predicted octanol–water partition coefficient (Wildman–Crippen LogP) is 4.02. The maximum absolute atomic E-state index is 13.6. The van der Waals surface area contributed by atoms with Crippen molar-refractivity contribution in [2.45, 2.75) is 13.5 Å². The summed E-state index contributed by atoms with van der Waals surface area (Å²) in [7, 11) is 1.65. The lowest BCUT2D eigenvalue weighted by Gasteiger charge is -2.17. The largest absolute Gasteiger partial charge is 0.322 e. The zero-order valence-electron chi connectivity index (χ0n) is 11.0. The van der Waals surface area contributed by atoms with Crippen LogP contribution in [0.25, 0.3) is 0 Å². The van der Waals surface area contributed by atoms with Crippen LogP contribution in [0.15, 0.2) is 28.9 Å². The van der Waals surface area contributed by atoms with Crippen LogP contribution in [0.4, 0.5) is 14.9 Å². The number of amides is 2. The van der Waals surface area contributed by atoms with Crippen LogP contribution < -0.4 is 5.32 Å². The van der Waals surface area contributed by atoms with E-state index in [2.05, 4.69) is 26.2 Å². The first-order valence-corrected chi connectivity index (χ1v) is 7.45. The molecular weight excluding hydrogens is 345 g/mol. The average Bonchev–Trinajstić information content (AvgIpc) is 2.78. The first-order valence-electron chi connectivity index (χ1n) is 5.84. The van der Waals surface area contributed by atoms with Gasteiger partial charge in [0.05, 0.1) is 17.2 Å². The second-order valence-electron chi connectivity index (χ2n) is 4.26. The topological polar surface area (TPSA) is 45.2 Å². The third-order valence-corrected chi connectivity index (χ3v) is 3.97. The van der Waals surface area contributed by atoms with Crippen molar-refractivity contribution in [3.8, 4) is 0 Å². The molecule has 0 aliphatic heterocycles. The van der Waals surface area contributed by atoms with Gasteiger partial charge in [0.15, 0.2) is 0 Å². The number of carbonyl (C=O) groups is 1. The molecule has 0 saturated heterocycles. The molecule has 1 aromatic carbocycles. The minimum Gasteiger partial charge on any atom is -0.322 e. The highest BCUT2D eigenvalue weighted by Gasteiger charge is 2.13. The van der Waals surface area contributed by atoms with Gasteiger partial charge in [-0.05, 0) is 25.1 Å². The SMILES string of the molecule is Cc1ncc(CN(C)C(=O)Nc2ccc(Br)cc2F)s1. The quantitative estimate of drug-likeness (QED) is 0.901. The van der Waals surface area contributed by atoms with Crippen LogP contribution in [0, 0.1) is 12.7 Å². The summed E-state index contributed by atoms with van der Waals surface area (Å²) in [4.78, 5) is 18.6. The van der Waals surface area contributed by atoms with E-state index in [0.717, 1.165) is 9.88 Å². The highest BCUT2D eigenvalue weighted by atomic mass is 79.9. The van der Waals surface area contributed by atoms with Gasteiger partial charge in [-0.2, -0.15) is 0 Å². The van der Waals surface area contributed by atoms with Crippen molar-refractivity contribution in [2.24, 2.45) is 0 Å². The summed E-state index contributed by atoms with van der Waals surface area (Å²) in [6, 6.07) is 4.13. The normalized spacial score (nSPS) is 10.4. The Bertz CT molecular complexity index is 632. The molecule has 1 N–H and O–H groups in total. The number of aromatic nitrogens is 1. The average molecular weight is 358 g/mol. The van der Waals surface area contributed by atoms with Crippen LogP contribution >= 0.6 is 27.3 Å². The van der Waals surface area contributed by atoms with E-state index in [0.29, 0.717) is 11.0 Å². The Morgan fingerprint density at radius 2 is 2.30 bits per heavy atom. The summed E-state index contributed by atoms with van der Waals surface area (Å²) in [6.45, 7) is 2.35. The fourth-order valence-corrected chi connectivity index (χ4v) is 2.77. The fraction of sp³-hybridized carbons (Fsp3) is 0.231. The van der Waals surface area contributed by atoms with Crippen LogP contribution in [0.1, 0.15) is 9.88 Å². The molecule has 2 rings (SSSR count).